The second kappa shape index (κ2) is 21.0. The number of anilines is 3. The predicted octanol–water partition coefficient (Wildman–Crippen LogP) is 10.1. The predicted molar refractivity (Wildman–Crippen MR) is 285 cm³/mol. The Kier molecular flexibility index (Phi) is 14.0. The summed E-state index contributed by atoms with van der Waals surface area (Å²) in [6.07, 6.45) is 1.95. The van der Waals surface area contributed by atoms with E-state index in [1.807, 2.05) is 77.4 Å². The molecule has 3 amide bonds. The molecule has 394 valence electrons. The summed E-state index contributed by atoms with van der Waals surface area (Å²) >= 11 is 1.42. The number of hydrogen-bond acceptors (Lipinski definition) is 12. The number of para-hydroxylation sites is 1. The number of carboxylic acids is 1. The molecule has 0 radical (unpaired) electrons. The monoisotopic (exact) mass is 1050 g/mol. The molecule has 1 saturated carbocycles. The van der Waals surface area contributed by atoms with Crippen molar-refractivity contribution in [2.75, 3.05) is 47.8 Å². The number of hydrogen-bond donors (Lipinski definition) is 3. The molecule has 7 aromatic rings. The number of aromatic nitrogens is 4. The number of carbonyl (C=O) groups excluding carboxylic acids is 3. The lowest BCUT2D eigenvalue weighted by Gasteiger charge is -2.43. The lowest BCUT2D eigenvalue weighted by Crippen LogP contribution is -2.59. The van der Waals surface area contributed by atoms with Crippen LogP contribution < -0.4 is 25.2 Å². The normalized spacial score (nSPS) is 20.4. The van der Waals surface area contributed by atoms with Crippen molar-refractivity contribution in [2.24, 2.45) is 13.0 Å². The van der Waals surface area contributed by atoms with Gasteiger partial charge < -0.3 is 19.6 Å². The molecule has 3 fully saturated rings. The van der Waals surface area contributed by atoms with Gasteiger partial charge in [-0.2, -0.15) is 18.3 Å². The van der Waals surface area contributed by atoms with E-state index in [1.54, 1.807) is 42.1 Å². The van der Waals surface area contributed by atoms with E-state index in [2.05, 4.69) is 20.7 Å². The van der Waals surface area contributed by atoms with Crippen LogP contribution in [0.5, 0.6) is 5.75 Å². The Morgan fingerprint density at radius 2 is 1.71 bits per heavy atom. The highest BCUT2D eigenvalue weighted by Crippen LogP contribution is 2.39. The van der Waals surface area contributed by atoms with E-state index in [-0.39, 0.29) is 43.1 Å². The number of amides is 3. The number of piperazine rings is 1. The Balaban J connectivity index is 0.685. The van der Waals surface area contributed by atoms with Crippen LogP contribution in [0.25, 0.3) is 32.2 Å². The third kappa shape index (κ3) is 10.3. The molecule has 3 aromatic heterocycles. The van der Waals surface area contributed by atoms with Gasteiger partial charge >= 0.3 is 12.1 Å². The number of benzene rings is 4. The average molecular weight is 1050 g/mol. The number of nitrogens with one attached hydrogen (secondary N) is 2. The maximum Gasteiger partial charge on any atom is 0.409 e. The van der Waals surface area contributed by atoms with Crippen LogP contribution in [0, 0.1) is 12.8 Å². The van der Waals surface area contributed by atoms with Crippen LogP contribution in [0.4, 0.5) is 29.8 Å². The summed E-state index contributed by atoms with van der Waals surface area (Å²) in [6.45, 7) is 4.05. The largest absolute Gasteiger partial charge is 0.490 e. The van der Waals surface area contributed by atoms with Gasteiger partial charge in [-0.25, -0.2) is 14.8 Å². The smallest absolute Gasteiger partial charge is 0.409 e. The minimum atomic E-state index is -4.45. The molecule has 19 heteroatoms. The van der Waals surface area contributed by atoms with Crippen LogP contribution in [0.1, 0.15) is 101 Å². The van der Waals surface area contributed by atoms with Crippen LogP contribution >= 0.6 is 11.3 Å². The fourth-order valence-corrected chi connectivity index (χ4v) is 12.6. The Labute approximate surface area is 441 Å². The highest BCUT2D eigenvalue weighted by Gasteiger charge is 2.47. The third-order valence-corrected chi connectivity index (χ3v) is 16.7. The molecule has 76 heavy (non-hydrogen) atoms. The summed E-state index contributed by atoms with van der Waals surface area (Å²) < 4.78 is 53.5. The summed E-state index contributed by atoms with van der Waals surface area (Å²) in [6, 6.07) is 26.2. The lowest BCUT2D eigenvalue weighted by molar-refractivity contribution is -0.156. The summed E-state index contributed by atoms with van der Waals surface area (Å²) in [7, 11) is 1.71. The second-order valence-corrected chi connectivity index (χ2v) is 21.6. The maximum absolute atomic E-state index is 14.8. The maximum atomic E-state index is 14.8. The van der Waals surface area contributed by atoms with Crippen LogP contribution in [0.2, 0.25) is 0 Å². The van der Waals surface area contributed by atoms with Crippen molar-refractivity contribution in [2.45, 2.75) is 95.5 Å². The van der Waals surface area contributed by atoms with Crippen molar-refractivity contribution in [1.29, 1.82) is 0 Å². The second-order valence-electron chi connectivity index (χ2n) is 20.5. The molecule has 3 N–H and O–H groups in total. The van der Waals surface area contributed by atoms with E-state index in [4.69, 9.17) is 9.72 Å². The van der Waals surface area contributed by atoms with Gasteiger partial charge in [0.05, 0.1) is 33.4 Å². The van der Waals surface area contributed by atoms with Crippen molar-refractivity contribution in [3.8, 4) is 16.9 Å². The molecule has 0 bridgehead atoms. The Bertz CT molecular complexity index is 3360. The highest BCUT2D eigenvalue weighted by atomic mass is 32.1. The molecule has 2 saturated heterocycles. The van der Waals surface area contributed by atoms with E-state index in [0.717, 1.165) is 65.4 Å². The summed E-state index contributed by atoms with van der Waals surface area (Å²) in [4.78, 5) is 65.6. The fourth-order valence-electron chi connectivity index (χ4n) is 11.7. The Hall–Kier alpha value is -7.38. The van der Waals surface area contributed by atoms with Gasteiger partial charge in [0.15, 0.2) is 10.8 Å². The Morgan fingerprint density at radius 3 is 2.50 bits per heavy atom. The molecule has 4 aromatic carbocycles. The zero-order valence-corrected chi connectivity index (χ0v) is 43.1. The number of alkyl halides is 3. The van der Waals surface area contributed by atoms with Crippen LogP contribution in [-0.4, -0.2) is 104 Å². The zero-order chi connectivity index (χ0) is 52.8. The van der Waals surface area contributed by atoms with E-state index < -0.39 is 30.0 Å². The van der Waals surface area contributed by atoms with Gasteiger partial charge in [0, 0.05) is 68.4 Å². The number of nitrogens with zero attached hydrogens (tertiary/aromatic N) is 7. The molecule has 0 spiro atoms. The molecule has 11 rings (SSSR count). The molecule has 2 atom stereocenters. The molecule has 4 aliphatic rings. The number of aryl methyl sites for hydroxylation is 1. The molecule has 1 aliphatic carbocycles. The number of piperidine rings is 1. The van der Waals surface area contributed by atoms with E-state index in [0.29, 0.717) is 101 Å². The van der Waals surface area contributed by atoms with Gasteiger partial charge in [0.1, 0.15) is 17.6 Å². The standard InChI is InChI=1S/C57H58F3N9O6S/c1-33-38(39-21-23-49(62-52(39)55(73)74)68-27-25-35-9-5-11-40(43(35)31-68)53(71)64-56-61-44-12-3-4-14-47(44)76-56)10-6-13-46(33)75-37-18-15-34(16-19-37)8-7-26-67-28-29-69(48(32-67)57(58,59)60)36-17-20-41-45(30-36)66(2)65-51(41)42-22-24-50(70)63-54(42)72/h3-6,9-14,17,20-21,23,30,34,37,42,48H,7-8,15-16,18-19,22,24-29,31-32H2,1-2H3,(H,73,74)(H,61,64,71)(H,63,70,72)/t34-,37-,42?,48-/m1/s1. The number of pyridine rings is 1. The molecule has 1 unspecified atom stereocenters. The van der Waals surface area contributed by atoms with Crippen molar-refractivity contribution >= 4 is 72.8 Å². The van der Waals surface area contributed by atoms with Gasteiger partial charge in [-0.3, -0.25) is 34.6 Å². The van der Waals surface area contributed by atoms with Gasteiger partial charge in [-0.05, 0) is 148 Å². The average Bonchev–Trinajstić information content (AvgIpc) is 4.02. The number of aromatic carboxylic acids is 1. The Morgan fingerprint density at radius 1 is 0.895 bits per heavy atom. The molecule has 3 aliphatic heterocycles. The van der Waals surface area contributed by atoms with Gasteiger partial charge in [0.2, 0.25) is 11.8 Å². The van der Waals surface area contributed by atoms with Crippen molar-refractivity contribution in [3.63, 3.8) is 0 Å². The quantitative estimate of drug-likeness (QED) is 0.0934. The van der Waals surface area contributed by atoms with E-state index in [9.17, 15) is 37.5 Å². The first-order valence-corrected chi connectivity index (χ1v) is 26.9. The molecular formula is C57H58F3N9O6S. The minimum absolute atomic E-state index is 0.0324. The number of halogens is 3. The van der Waals surface area contributed by atoms with E-state index in [1.165, 1.54) is 16.2 Å². The number of rotatable bonds is 13. The van der Waals surface area contributed by atoms with Crippen molar-refractivity contribution in [1.82, 2.24) is 30.0 Å². The van der Waals surface area contributed by atoms with Crippen LogP contribution in [0.15, 0.2) is 91.0 Å². The first-order valence-electron chi connectivity index (χ1n) is 26.0. The van der Waals surface area contributed by atoms with Crippen molar-refractivity contribution < 1.29 is 42.2 Å². The van der Waals surface area contributed by atoms with Gasteiger partial charge in [-0.15, -0.1) is 0 Å². The van der Waals surface area contributed by atoms with E-state index >= 15 is 0 Å². The number of ether oxygens (including phenoxy) is 1. The number of carbonyl (C=O) groups is 4. The number of thiazole rings is 1. The summed E-state index contributed by atoms with van der Waals surface area (Å²) in [5.74, 6) is -1.13. The first kappa shape index (κ1) is 50.8. The number of carboxylic acid groups (broad SMARTS) is 1. The first-order chi connectivity index (χ1) is 36.6. The van der Waals surface area contributed by atoms with Crippen LogP contribution in [-0.2, 0) is 29.6 Å². The number of fused-ring (bicyclic) bond motifs is 3. The summed E-state index contributed by atoms with van der Waals surface area (Å²) in [5.41, 5.74) is 6.79. The highest BCUT2D eigenvalue weighted by molar-refractivity contribution is 7.22. The number of imide groups is 1. The zero-order valence-electron chi connectivity index (χ0n) is 42.2. The fraction of sp³-hybridized carbons (Fsp3) is 0.386. The summed E-state index contributed by atoms with van der Waals surface area (Å²) in [5, 5.41) is 21.7. The van der Waals surface area contributed by atoms with Gasteiger partial charge in [-0.1, -0.05) is 47.7 Å². The topological polar surface area (TPSA) is 175 Å². The third-order valence-electron chi connectivity index (χ3n) is 15.8. The van der Waals surface area contributed by atoms with Crippen molar-refractivity contribution in [3.05, 3.63) is 125 Å². The SMILES string of the molecule is Cc1c(O[C@H]2CC[C@H](CCCN3CCN(c4ccc5c(C6CCC(=O)NC6=O)nn(C)c5c4)[C@@H](C(F)(F)F)C3)CC2)cccc1-c1ccc(N2CCc3cccc(C(=O)Nc4nc5ccccc5s4)c3C2)nc1C(=O)O. The minimum Gasteiger partial charge on any atom is -0.490 e. The molecule has 15 nitrogen and oxygen atoms in total. The van der Waals surface area contributed by atoms with Crippen LogP contribution in [0.3, 0.4) is 0 Å². The lowest BCUT2D eigenvalue weighted by atomic mass is 9.84. The molecule has 6 heterocycles. The molecular weight excluding hydrogens is 996 g/mol. The van der Waals surface area contributed by atoms with Gasteiger partial charge in [0.25, 0.3) is 5.91 Å².